The van der Waals surface area contributed by atoms with Crippen molar-refractivity contribution < 1.29 is 53.5 Å². The number of ketones is 2. The van der Waals surface area contributed by atoms with E-state index in [0.717, 1.165) is 52.8 Å². The van der Waals surface area contributed by atoms with Crippen molar-refractivity contribution in [2.75, 3.05) is 35.3 Å². The minimum Gasteiger partial charge on any atom is -1.00 e. The number of hydrogen-bond acceptors (Lipinski definition) is 8. The van der Waals surface area contributed by atoms with Crippen LogP contribution in [0.25, 0.3) is 17.0 Å². The summed E-state index contributed by atoms with van der Waals surface area (Å²) in [6, 6.07) is 37.4. The molecule has 0 radical (unpaired) electrons. The monoisotopic (exact) mass is 1010 g/mol. The number of aromatic nitrogens is 1. The normalized spacial score (nSPS) is 25.4. The lowest BCUT2D eigenvalue weighted by Crippen LogP contribution is -3.00. The number of anilines is 3. The number of nitrogens with zero attached hydrogens (tertiary/aromatic N) is 4. The van der Waals surface area contributed by atoms with Crippen LogP contribution in [0, 0.1) is 24.7 Å². The molecule has 10 rings (SSSR count). The summed E-state index contributed by atoms with van der Waals surface area (Å²) in [5.41, 5.74) is 12.1. The summed E-state index contributed by atoms with van der Waals surface area (Å²) >= 11 is 0. The quantitative estimate of drug-likeness (QED) is 0.150. The number of aliphatic hydroxyl groups is 1. The minimum absolute atomic E-state index is 0. The maximum atomic E-state index is 13.2. The topological polar surface area (TPSA) is 114 Å². The first kappa shape index (κ1) is 51.0. The molecule has 67 heavy (non-hydrogen) atoms. The number of para-hydroxylation sites is 4. The highest BCUT2D eigenvalue weighted by Gasteiger charge is 2.49. The molecule has 4 heterocycles. The summed E-state index contributed by atoms with van der Waals surface area (Å²) in [4.78, 5) is 29.1. The van der Waals surface area contributed by atoms with Crippen LogP contribution in [0.4, 0.5) is 17.1 Å². The second-order valence-electron chi connectivity index (χ2n) is 18.8. The van der Waals surface area contributed by atoms with Gasteiger partial charge in [-0.15, -0.1) is 12.2 Å². The van der Waals surface area contributed by atoms with E-state index in [-0.39, 0.29) is 42.2 Å². The lowest BCUT2D eigenvalue weighted by Gasteiger charge is -2.60. The summed E-state index contributed by atoms with van der Waals surface area (Å²) in [5, 5.41) is 37.4. The summed E-state index contributed by atoms with van der Waals surface area (Å²) in [7, 11) is 3.97. The molecule has 5 aliphatic rings. The van der Waals surface area contributed by atoms with Crippen molar-refractivity contribution in [1.82, 2.24) is 0 Å². The van der Waals surface area contributed by atoms with Gasteiger partial charge in [-0.3, -0.25) is 9.59 Å². The van der Waals surface area contributed by atoms with Crippen LogP contribution in [0.2, 0.25) is 0 Å². The zero-order valence-electron chi connectivity index (χ0n) is 39.4. The molecule has 0 saturated heterocycles. The molecular weight excluding hydrogens is 948 g/mol. The molecule has 0 bridgehead atoms. The molecule has 352 valence electrons. The summed E-state index contributed by atoms with van der Waals surface area (Å²) in [6.45, 7) is 16.7. The smallest absolute Gasteiger partial charge is 0.228 e. The number of aryl methyl sites for hydroxylation is 2. The number of benzene rings is 4. The standard InChI is InChI=1S/C28H30N2O2.C16H17NO3.C12H14N.CH4.HI/c1-5-30-19(15-14-18-10-6-8-12-23(18)30)16-20-26(31)21(27(20)32)17-25-28(2,3)22-11-7-9-13-24(22)29(25)4;1-16(2)10-6-4-5-7-11(10)17(3)12(16)8-9-13(18)15(20)14(9)19;1-3-13-10(2)8-9-11-6-4-5-7-12(11)13;;/h6-17,20-21,26-27H,5H2,1-4H3;4-9,13,18H,1-3H3;4-9H,3H2,1-2H3;1H4;1H/q-2;;+1;;/p-1. The highest BCUT2D eigenvalue weighted by atomic mass is 127. The predicted molar refractivity (Wildman–Crippen MR) is 264 cm³/mol. The van der Waals surface area contributed by atoms with Crippen LogP contribution in [0.3, 0.4) is 0 Å². The first-order chi connectivity index (χ1) is 31.0. The lowest BCUT2D eigenvalue weighted by molar-refractivity contribution is -0.673. The summed E-state index contributed by atoms with van der Waals surface area (Å²) in [6.07, 6.45) is 6.70. The van der Waals surface area contributed by atoms with E-state index in [1.54, 1.807) is 6.08 Å². The first-order valence-electron chi connectivity index (χ1n) is 22.9. The maximum absolute atomic E-state index is 13.2. The van der Waals surface area contributed by atoms with Crippen LogP contribution in [0.15, 0.2) is 151 Å². The number of halogens is 1. The van der Waals surface area contributed by atoms with Gasteiger partial charge >= 0.3 is 0 Å². The van der Waals surface area contributed by atoms with E-state index >= 15 is 0 Å². The molecule has 2 aliphatic carbocycles. The molecule has 4 unspecified atom stereocenters. The van der Waals surface area contributed by atoms with E-state index in [9.17, 15) is 24.9 Å². The third kappa shape index (κ3) is 8.94. The van der Waals surface area contributed by atoms with Crippen LogP contribution in [-0.4, -0.2) is 55.6 Å². The van der Waals surface area contributed by atoms with Gasteiger partial charge in [-0.2, -0.15) is 4.57 Å². The van der Waals surface area contributed by atoms with Crippen LogP contribution in [0.1, 0.15) is 71.4 Å². The number of carbonyl (C=O) groups excluding carboxylic acids is 2. The second-order valence-corrected chi connectivity index (χ2v) is 18.8. The Morgan fingerprint density at radius 2 is 1.16 bits per heavy atom. The molecule has 1 N–H and O–H groups in total. The zero-order valence-corrected chi connectivity index (χ0v) is 41.6. The van der Waals surface area contributed by atoms with Gasteiger partial charge in [0.05, 0.1) is 5.92 Å². The van der Waals surface area contributed by atoms with Gasteiger partial charge in [-0.05, 0) is 78.8 Å². The van der Waals surface area contributed by atoms with Gasteiger partial charge in [-0.1, -0.05) is 126 Å². The number of Topliss-reactive ketones (excluding diaryl/α,β-unsaturated/α-hetero) is 2. The van der Waals surface area contributed by atoms with E-state index in [2.05, 4.69) is 136 Å². The number of fused-ring (bicyclic) bond motifs is 4. The molecule has 0 spiro atoms. The summed E-state index contributed by atoms with van der Waals surface area (Å²) in [5.74, 6) is -2.88. The fourth-order valence-electron chi connectivity index (χ4n) is 10.5. The molecule has 3 aliphatic heterocycles. The van der Waals surface area contributed by atoms with Gasteiger partial charge < -0.3 is 54.0 Å². The Morgan fingerprint density at radius 3 is 1.72 bits per heavy atom. The van der Waals surface area contributed by atoms with E-state index in [1.807, 2.05) is 79.7 Å². The number of rotatable bonds is 5. The average Bonchev–Trinajstić information content (AvgIpc) is 3.64. The molecule has 1 aromatic heterocycles. The van der Waals surface area contributed by atoms with Crippen molar-refractivity contribution in [3.63, 3.8) is 0 Å². The van der Waals surface area contributed by atoms with E-state index < -0.39 is 47.6 Å². The van der Waals surface area contributed by atoms with Gasteiger partial charge in [0.15, 0.2) is 5.69 Å². The molecule has 4 aromatic carbocycles. The van der Waals surface area contributed by atoms with Gasteiger partial charge in [0.2, 0.25) is 17.1 Å². The highest BCUT2D eigenvalue weighted by molar-refractivity contribution is 6.47. The van der Waals surface area contributed by atoms with Crippen molar-refractivity contribution in [2.45, 2.75) is 91.6 Å². The Morgan fingerprint density at radius 1 is 0.657 bits per heavy atom. The number of allylic oxidation sites excluding steroid dienone is 3. The molecule has 4 atom stereocenters. The summed E-state index contributed by atoms with van der Waals surface area (Å²) < 4.78 is 2.33. The minimum atomic E-state index is -1.18. The Labute approximate surface area is 414 Å². The second kappa shape index (κ2) is 20.1. The van der Waals surface area contributed by atoms with Gasteiger partial charge in [0.1, 0.15) is 12.6 Å². The van der Waals surface area contributed by atoms with Crippen molar-refractivity contribution in [3.05, 3.63) is 173 Å². The Hall–Kier alpha value is -5.40. The number of hydrogen-bond donors (Lipinski definition) is 1. The molecular formula is C57H65IN4O5-2. The van der Waals surface area contributed by atoms with E-state index in [0.29, 0.717) is 0 Å². The molecule has 5 aromatic rings. The number of aliphatic hydroxyl groups excluding tert-OH is 1. The van der Waals surface area contributed by atoms with Crippen molar-refractivity contribution >= 4 is 45.6 Å². The molecule has 10 heteroatoms. The Bertz CT molecular complexity index is 2780. The van der Waals surface area contributed by atoms with Crippen LogP contribution in [-0.2, 0) is 27.0 Å². The SMILES string of the molecule is C.CCN1C(=CC2C([O-])C(C=C3N(C)c4ccccc4C3(C)C)C2[O-])C=Cc2ccccc21.CC[n+]1c(C)ccc2ccccc21.CN1C(=CC2C(=O)C(=O)C2O)C(C)(C)c2ccccc21.[I-]. The Balaban J connectivity index is 0.000000181. The van der Waals surface area contributed by atoms with Crippen LogP contribution < -0.4 is 53.5 Å². The van der Waals surface area contributed by atoms with Gasteiger partial charge in [0, 0.05) is 90.1 Å². The van der Waals surface area contributed by atoms with Crippen LogP contribution in [0.5, 0.6) is 0 Å². The average molecular weight is 1010 g/mol. The molecule has 9 nitrogen and oxygen atoms in total. The van der Waals surface area contributed by atoms with E-state index in [1.165, 1.54) is 27.7 Å². The lowest BCUT2D eigenvalue weighted by atomic mass is 9.67. The third-order valence-electron chi connectivity index (χ3n) is 14.4. The van der Waals surface area contributed by atoms with Gasteiger partial charge in [-0.25, -0.2) is 0 Å². The Kier molecular flexibility index (Phi) is 15.3. The zero-order chi connectivity index (χ0) is 46.5. The number of likely N-dealkylation sites (N-methyl/N-ethyl adjacent to an activating group) is 3. The number of carbonyl (C=O) groups is 2. The third-order valence-corrected chi connectivity index (χ3v) is 14.4. The molecule has 2 saturated carbocycles. The molecule has 2 fully saturated rings. The van der Waals surface area contributed by atoms with Gasteiger partial charge in [0.25, 0.3) is 0 Å². The fourth-order valence-corrected chi connectivity index (χ4v) is 10.5. The van der Waals surface area contributed by atoms with Crippen molar-refractivity contribution in [1.29, 1.82) is 0 Å². The largest absolute Gasteiger partial charge is 1.00 e. The predicted octanol–water partition coefficient (Wildman–Crippen LogP) is 4.96. The van der Waals surface area contributed by atoms with E-state index in [4.69, 9.17) is 0 Å². The fraction of sp³-hybridized carbons (Fsp3) is 0.351. The van der Waals surface area contributed by atoms with Crippen LogP contribution >= 0.6 is 0 Å². The van der Waals surface area contributed by atoms with Crippen molar-refractivity contribution in [3.8, 4) is 0 Å². The first-order valence-corrected chi connectivity index (χ1v) is 22.9. The number of pyridine rings is 1. The maximum Gasteiger partial charge on any atom is 0.228 e. The van der Waals surface area contributed by atoms with Crippen molar-refractivity contribution in [2.24, 2.45) is 17.8 Å². The highest BCUT2D eigenvalue weighted by Crippen LogP contribution is 2.49. The molecule has 0 amide bonds.